The highest BCUT2D eigenvalue weighted by Gasteiger charge is 2.59. The van der Waals surface area contributed by atoms with Gasteiger partial charge in [0.25, 0.3) is 0 Å². The third-order valence-corrected chi connectivity index (χ3v) is 6.37. The first-order valence-electron chi connectivity index (χ1n) is 9.61. The van der Waals surface area contributed by atoms with E-state index >= 15 is 0 Å². The second-order valence-electron chi connectivity index (χ2n) is 8.16. The van der Waals surface area contributed by atoms with Crippen LogP contribution >= 0.6 is 0 Å². The molecule has 3 aliphatic rings. The molecule has 5 nitrogen and oxygen atoms in total. The van der Waals surface area contributed by atoms with Crippen LogP contribution in [-0.4, -0.2) is 62.8 Å². The van der Waals surface area contributed by atoms with Crippen LogP contribution in [0, 0.1) is 17.2 Å². The Labute approximate surface area is 155 Å². The van der Waals surface area contributed by atoms with Gasteiger partial charge in [-0.25, -0.2) is 4.39 Å². The second-order valence-corrected chi connectivity index (χ2v) is 8.16. The summed E-state index contributed by atoms with van der Waals surface area (Å²) in [4.78, 5) is 8.93. The van der Waals surface area contributed by atoms with Gasteiger partial charge in [-0.1, -0.05) is 26.0 Å². The minimum absolute atomic E-state index is 0.131. The highest BCUT2D eigenvalue weighted by molar-refractivity contribution is 5.81. The Kier molecular flexibility index (Phi) is 4.55. The molecule has 0 radical (unpaired) electrons. The summed E-state index contributed by atoms with van der Waals surface area (Å²) in [6.45, 7) is 8.70. The van der Waals surface area contributed by atoms with E-state index in [2.05, 4.69) is 34.0 Å². The summed E-state index contributed by atoms with van der Waals surface area (Å²) < 4.78 is 19.9. The van der Waals surface area contributed by atoms with E-state index in [-0.39, 0.29) is 11.2 Å². The molecule has 3 atom stereocenters. The molecular weight excluding hydrogens is 331 g/mol. The molecule has 3 fully saturated rings. The molecule has 3 unspecified atom stereocenters. The molecule has 0 amide bonds. The Bertz CT molecular complexity index is 684. The van der Waals surface area contributed by atoms with Crippen LogP contribution in [0.4, 0.5) is 10.1 Å². The van der Waals surface area contributed by atoms with Gasteiger partial charge in [0, 0.05) is 57.2 Å². The van der Waals surface area contributed by atoms with Crippen molar-refractivity contribution < 1.29 is 9.13 Å². The Hall–Kier alpha value is -1.82. The molecular formula is C20H29FN4O. The first-order valence-corrected chi connectivity index (χ1v) is 9.61. The molecule has 2 saturated heterocycles. The van der Waals surface area contributed by atoms with Crippen molar-refractivity contribution in [1.29, 1.82) is 0 Å². The summed E-state index contributed by atoms with van der Waals surface area (Å²) >= 11 is 0. The zero-order valence-corrected chi connectivity index (χ0v) is 15.9. The van der Waals surface area contributed by atoms with E-state index in [9.17, 15) is 4.39 Å². The van der Waals surface area contributed by atoms with E-state index in [4.69, 9.17) is 4.74 Å². The minimum atomic E-state index is -0.146. The van der Waals surface area contributed by atoms with Crippen LogP contribution in [0.1, 0.15) is 20.3 Å². The van der Waals surface area contributed by atoms with Crippen LogP contribution in [0.3, 0.4) is 0 Å². The lowest BCUT2D eigenvalue weighted by molar-refractivity contribution is -0.107. The first kappa shape index (κ1) is 17.6. The van der Waals surface area contributed by atoms with Gasteiger partial charge in [0.15, 0.2) is 5.96 Å². The number of benzene rings is 1. The SMILES string of the molecule is CN=C(NC1C2CCOC2C1(C)C)N1CCN(c2ccccc2F)CC1. The number of nitrogens with zero attached hydrogens (tertiary/aromatic N) is 3. The standard InChI is InChI=1S/C20H29FN4O/c1-20(2)17(14-8-13-26-18(14)20)23-19(22-3)25-11-9-24(10-12-25)16-7-5-4-6-15(16)21/h4-7,14,17-18H,8-13H2,1-3H3,(H,22,23). The summed E-state index contributed by atoms with van der Waals surface area (Å²) in [5, 5.41) is 3.70. The molecule has 2 aliphatic heterocycles. The van der Waals surface area contributed by atoms with Gasteiger partial charge in [-0.15, -0.1) is 0 Å². The topological polar surface area (TPSA) is 40.1 Å². The number of hydrogen-bond acceptors (Lipinski definition) is 3. The predicted octanol–water partition coefficient (Wildman–Crippen LogP) is 2.34. The van der Waals surface area contributed by atoms with Crippen LogP contribution < -0.4 is 10.2 Å². The van der Waals surface area contributed by atoms with E-state index in [1.807, 2.05) is 19.2 Å². The van der Waals surface area contributed by atoms with Crippen molar-refractivity contribution in [3.05, 3.63) is 30.1 Å². The molecule has 1 aromatic rings. The van der Waals surface area contributed by atoms with Crippen molar-refractivity contribution in [2.75, 3.05) is 44.7 Å². The number of halogens is 1. The number of aliphatic imine (C=N–C) groups is 1. The van der Waals surface area contributed by atoms with E-state index < -0.39 is 0 Å². The highest BCUT2D eigenvalue weighted by Crippen LogP contribution is 2.52. The van der Waals surface area contributed by atoms with E-state index in [0.29, 0.717) is 23.8 Å². The fourth-order valence-electron chi connectivity index (χ4n) is 4.92. The maximum absolute atomic E-state index is 14.0. The van der Waals surface area contributed by atoms with Crippen molar-refractivity contribution in [3.8, 4) is 0 Å². The quantitative estimate of drug-likeness (QED) is 0.649. The zero-order valence-electron chi connectivity index (χ0n) is 15.9. The Morgan fingerprint density at radius 1 is 1.23 bits per heavy atom. The smallest absolute Gasteiger partial charge is 0.194 e. The number of nitrogens with one attached hydrogen (secondary N) is 1. The van der Waals surface area contributed by atoms with Crippen LogP contribution in [0.5, 0.6) is 0 Å². The molecule has 1 N–H and O–H groups in total. The van der Waals surface area contributed by atoms with E-state index in [1.165, 1.54) is 6.07 Å². The number of piperazine rings is 1. The molecule has 1 aliphatic carbocycles. The molecule has 4 rings (SSSR count). The monoisotopic (exact) mass is 360 g/mol. The van der Waals surface area contributed by atoms with E-state index in [1.54, 1.807) is 6.07 Å². The fourth-order valence-corrected chi connectivity index (χ4v) is 4.92. The van der Waals surface area contributed by atoms with Crippen molar-refractivity contribution >= 4 is 11.6 Å². The zero-order chi connectivity index (χ0) is 18.3. The number of ether oxygens (including phenoxy) is 1. The number of rotatable bonds is 2. The number of anilines is 1. The lowest BCUT2D eigenvalue weighted by atomic mass is 9.57. The molecule has 142 valence electrons. The average Bonchev–Trinajstić information content (AvgIpc) is 3.10. The van der Waals surface area contributed by atoms with Gasteiger partial charge in [-0.05, 0) is 18.6 Å². The highest BCUT2D eigenvalue weighted by atomic mass is 19.1. The molecule has 1 saturated carbocycles. The summed E-state index contributed by atoms with van der Waals surface area (Å²) in [7, 11) is 1.85. The normalized spacial score (nSPS) is 30.8. The molecule has 0 bridgehead atoms. The molecule has 0 spiro atoms. The van der Waals surface area contributed by atoms with Crippen molar-refractivity contribution in [3.63, 3.8) is 0 Å². The summed E-state index contributed by atoms with van der Waals surface area (Å²) in [6, 6.07) is 7.42. The Morgan fingerprint density at radius 3 is 2.65 bits per heavy atom. The molecule has 0 aromatic heterocycles. The lowest BCUT2D eigenvalue weighted by Gasteiger charge is -2.55. The molecule has 6 heteroatoms. The van der Waals surface area contributed by atoms with Crippen molar-refractivity contribution in [1.82, 2.24) is 10.2 Å². The summed E-state index contributed by atoms with van der Waals surface area (Å²) in [6.07, 6.45) is 1.50. The van der Waals surface area contributed by atoms with Crippen LogP contribution in [0.15, 0.2) is 29.3 Å². The third kappa shape index (κ3) is 2.84. The van der Waals surface area contributed by atoms with Gasteiger partial charge in [0.05, 0.1) is 11.8 Å². The fraction of sp³-hybridized carbons (Fsp3) is 0.650. The average molecular weight is 360 g/mol. The van der Waals surface area contributed by atoms with Crippen LogP contribution in [0.25, 0.3) is 0 Å². The molecule has 2 heterocycles. The second kappa shape index (κ2) is 6.72. The number of guanidine groups is 1. The number of hydrogen-bond donors (Lipinski definition) is 1. The predicted molar refractivity (Wildman–Crippen MR) is 102 cm³/mol. The van der Waals surface area contributed by atoms with Gasteiger partial charge in [0.2, 0.25) is 0 Å². The third-order valence-electron chi connectivity index (χ3n) is 6.37. The maximum atomic E-state index is 14.0. The van der Waals surface area contributed by atoms with Gasteiger partial charge in [-0.2, -0.15) is 0 Å². The first-order chi connectivity index (χ1) is 12.5. The Balaban J connectivity index is 1.38. The molecule has 26 heavy (non-hydrogen) atoms. The van der Waals surface area contributed by atoms with E-state index in [0.717, 1.165) is 45.2 Å². The molecule has 1 aromatic carbocycles. The summed E-state index contributed by atoms with van der Waals surface area (Å²) in [5.41, 5.74) is 0.827. The lowest BCUT2D eigenvalue weighted by Crippen LogP contribution is -2.68. The Morgan fingerprint density at radius 2 is 1.96 bits per heavy atom. The van der Waals surface area contributed by atoms with Crippen molar-refractivity contribution in [2.24, 2.45) is 16.3 Å². The van der Waals surface area contributed by atoms with Gasteiger partial charge in [-0.3, -0.25) is 4.99 Å². The largest absolute Gasteiger partial charge is 0.377 e. The van der Waals surface area contributed by atoms with Gasteiger partial charge >= 0.3 is 0 Å². The minimum Gasteiger partial charge on any atom is -0.377 e. The van der Waals surface area contributed by atoms with Gasteiger partial charge < -0.3 is 19.9 Å². The van der Waals surface area contributed by atoms with Crippen LogP contribution in [-0.2, 0) is 4.74 Å². The van der Waals surface area contributed by atoms with Crippen LogP contribution in [0.2, 0.25) is 0 Å². The number of fused-ring (bicyclic) bond motifs is 1. The maximum Gasteiger partial charge on any atom is 0.194 e. The number of para-hydroxylation sites is 1. The van der Waals surface area contributed by atoms with Gasteiger partial charge in [0.1, 0.15) is 5.82 Å². The summed E-state index contributed by atoms with van der Waals surface area (Å²) in [5.74, 6) is 1.40. The van der Waals surface area contributed by atoms with Crippen molar-refractivity contribution in [2.45, 2.75) is 32.4 Å².